The maximum absolute atomic E-state index is 6.73. The van der Waals surface area contributed by atoms with Crippen molar-refractivity contribution in [1.29, 1.82) is 0 Å². The van der Waals surface area contributed by atoms with Gasteiger partial charge in [-0.1, -0.05) is 59.6 Å². The first kappa shape index (κ1) is 30.0. The van der Waals surface area contributed by atoms with E-state index < -0.39 is 0 Å². The van der Waals surface area contributed by atoms with Crippen LogP contribution in [0.2, 0.25) is 0 Å². The van der Waals surface area contributed by atoms with Crippen molar-refractivity contribution in [2.75, 3.05) is 0 Å². The molecule has 0 amide bonds. The van der Waals surface area contributed by atoms with Crippen molar-refractivity contribution >= 4 is 0 Å². The standard InChI is InChI=1S/C33H55N3O5/c1-9-24-22(6)30(41-32-28(24)33(7,8)15-14-20(4)39-32)37-17-23-16-36(35-34-23)29-21(5)26-12-10-18(2)25-13-11-19(3)38-31(40-29)27(25)26/h16,18-22,24-32H,9-15,17H2,1-8H3. The SMILES string of the molecule is CCC1C(C)C(OCc2cn(C3OC4OC(C)CCC5C(C)CCC(C3C)C45)nn2)OC2OC(C)CCC(C)(C)C21. The lowest BCUT2D eigenvalue weighted by molar-refractivity contribution is -0.336. The summed E-state index contributed by atoms with van der Waals surface area (Å²) in [6, 6.07) is 0. The number of hydrogen-bond donors (Lipinski definition) is 0. The molecule has 8 nitrogen and oxygen atoms in total. The van der Waals surface area contributed by atoms with Crippen molar-refractivity contribution < 1.29 is 23.7 Å². The molecule has 1 saturated carbocycles. The monoisotopic (exact) mass is 573 g/mol. The lowest BCUT2D eigenvalue weighted by atomic mass is 9.61. The van der Waals surface area contributed by atoms with Crippen LogP contribution in [0, 0.1) is 52.8 Å². The molecular weight excluding hydrogens is 518 g/mol. The highest BCUT2D eigenvalue weighted by atomic mass is 16.8. The van der Waals surface area contributed by atoms with Gasteiger partial charge in [-0.2, -0.15) is 0 Å². The van der Waals surface area contributed by atoms with E-state index in [-0.39, 0.29) is 48.6 Å². The molecule has 0 radical (unpaired) electrons. The first-order valence-corrected chi connectivity index (χ1v) is 16.7. The van der Waals surface area contributed by atoms with Crippen LogP contribution in [-0.4, -0.2) is 46.1 Å². The molecule has 1 aliphatic carbocycles. The largest absolute Gasteiger partial charge is 0.349 e. The Balaban J connectivity index is 1.14. The van der Waals surface area contributed by atoms with Crippen molar-refractivity contribution in [3.8, 4) is 0 Å². The van der Waals surface area contributed by atoms with E-state index in [1.807, 2.05) is 10.9 Å². The zero-order valence-corrected chi connectivity index (χ0v) is 26.7. The summed E-state index contributed by atoms with van der Waals surface area (Å²) in [4.78, 5) is 0. The molecule has 0 bridgehead atoms. The van der Waals surface area contributed by atoms with E-state index >= 15 is 0 Å². The minimum absolute atomic E-state index is 0.169. The summed E-state index contributed by atoms with van der Waals surface area (Å²) in [5.74, 6) is 3.92. The number of aromatic nitrogens is 3. The normalized spacial score (nSPS) is 48.0. The molecule has 5 heterocycles. The molecule has 0 spiro atoms. The second kappa shape index (κ2) is 11.8. The molecule has 5 fully saturated rings. The summed E-state index contributed by atoms with van der Waals surface area (Å²) in [6.07, 6.45) is 9.70. The molecule has 4 saturated heterocycles. The second-order valence-corrected chi connectivity index (χ2v) is 15.0. The maximum atomic E-state index is 6.73. The molecule has 8 heteroatoms. The van der Waals surface area contributed by atoms with Gasteiger partial charge in [0.15, 0.2) is 25.1 Å². The highest BCUT2D eigenvalue weighted by Gasteiger charge is 2.54. The van der Waals surface area contributed by atoms with Crippen LogP contribution < -0.4 is 0 Å². The van der Waals surface area contributed by atoms with Gasteiger partial charge in [-0.15, -0.1) is 5.10 Å². The number of fused-ring (bicyclic) bond motifs is 1. The van der Waals surface area contributed by atoms with Gasteiger partial charge in [-0.3, -0.25) is 0 Å². The van der Waals surface area contributed by atoms with Gasteiger partial charge in [-0.05, 0) is 75.0 Å². The molecule has 0 N–H and O–H groups in total. The van der Waals surface area contributed by atoms with Gasteiger partial charge in [0.2, 0.25) is 0 Å². The Hall–Kier alpha value is -1.06. The zero-order valence-electron chi connectivity index (χ0n) is 26.7. The fourth-order valence-corrected chi connectivity index (χ4v) is 9.43. The van der Waals surface area contributed by atoms with Gasteiger partial charge in [-0.25, -0.2) is 4.68 Å². The lowest BCUT2D eigenvalue weighted by Gasteiger charge is -2.51. The van der Waals surface area contributed by atoms with Gasteiger partial charge >= 0.3 is 0 Å². The summed E-state index contributed by atoms with van der Waals surface area (Å²) < 4.78 is 34.6. The average Bonchev–Trinajstić information content (AvgIpc) is 3.29. The predicted molar refractivity (Wildman–Crippen MR) is 155 cm³/mol. The Morgan fingerprint density at radius 3 is 2.39 bits per heavy atom. The number of hydrogen-bond acceptors (Lipinski definition) is 7. The third-order valence-electron chi connectivity index (χ3n) is 11.9. The number of nitrogens with zero attached hydrogens (tertiary/aromatic N) is 3. The van der Waals surface area contributed by atoms with Crippen molar-refractivity contribution in [2.24, 2.45) is 52.8 Å². The lowest BCUT2D eigenvalue weighted by Crippen LogP contribution is -2.52. The molecule has 4 aliphatic heterocycles. The van der Waals surface area contributed by atoms with Crippen LogP contribution in [0.15, 0.2) is 6.20 Å². The zero-order chi connectivity index (χ0) is 29.1. The smallest absolute Gasteiger partial charge is 0.164 e. The third kappa shape index (κ3) is 5.65. The van der Waals surface area contributed by atoms with Gasteiger partial charge in [0.1, 0.15) is 5.69 Å². The second-order valence-electron chi connectivity index (χ2n) is 15.0. The van der Waals surface area contributed by atoms with Crippen LogP contribution in [0.1, 0.15) is 112 Å². The molecular formula is C33H55N3O5. The topological polar surface area (TPSA) is 76.9 Å². The highest BCUT2D eigenvalue weighted by Crippen LogP contribution is 2.54. The van der Waals surface area contributed by atoms with E-state index in [4.69, 9.17) is 23.7 Å². The molecule has 1 aromatic rings. The quantitative estimate of drug-likeness (QED) is 0.377. The first-order valence-electron chi connectivity index (χ1n) is 16.7. The molecule has 1 aromatic heterocycles. The van der Waals surface area contributed by atoms with E-state index in [9.17, 15) is 0 Å². The Morgan fingerprint density at radius 1 is 0.878 bits per heavy atom. The fraction of sp³-hybridized carbons (Fsp3) is 0.939. The Labute approximate surface area is 247 Å². The first-order chi connectivity index (χ1) is 19.6. The molecule has 14 atom stereocenters. The van der Waals surface area contributed by atoms with Gasteiger partial charge in [0.25, 0.3) is 0 Å². The summed E-state index contributed by atoms with van der Waals surface area (Å²) in [6.45, 7) is 18.8. The van der Waals surface area contributed by atoms with E-state index in [2.05, 4.69) is 65.7 Å². The molecule has 6 rings (SSSR count). The minimum Gasteiger partial charge on any atom is -0.349 e. The van der Waals surface area contributed by atoms with Gasteiger partial charge in [0, 0.05) is 23.7 Å². The summed E-state index contributed by atoms with van der Waals surface area (Å²) >= 11 is 0. The highest BCUT2D eigenvalue weighted by molar-refractivity contribution is 4.99. The number of rotatable bonds is 5. The molecule has 14 unspecified atom stereocenters. The fourth-order valence-electron chi connectivity index (χ4n) is 9.43. The van der Waals surface area contributed by atoms with Crippen LogP contribution in [0.25, 0.3) is 0 Å². The maximum Gasteiger partial charge on any atom is 0.164 e. The summed E-state index contributed by atoms with van der Waals surface area (Å²) in [7, 11) is 0. The van der Waals surface area contributed by atoms with Crippen LogP contribution in [0.4, 0.5) is 0 Å². The van der Waals surface area contributed by atoms with E-state index in [0.29, 0.717) is 42.1 Å². The van der Waals surface area contributed by atoms with Crippen LogP contribution in [-0.2, 0) is 30.3 Å². The van der Waals surface area contributed by atoms with Crippen molar-refractivity contribution in [2.45, 2.75) is 144 Å². The number of ether oxygens (including phenoxy) is 5. The summed E-state index contributed by atoms with van der Waals surface area (Å²) in [5.41, 5.74) is 0.970. The predicted octanol–water partition coefficient (Wildman–Crippen LogP) is 6.95. The van der Waals surface area contributed by atoms with Gasteiger partial charge < -0.3 is 23.7 Å². The van der Waals surface area contributed by atoms with Crippen molar-refractivity contribution in [1.82, 2.24) is 15.0 Å². The van der Waals surface area contributed by atoms with Crippen molar-refractivity contribution in [3.63, 3.8) is 0 Å². The average molecular weight is 574 g/mol. The van der Waals surface area contributed by atoms with Crippen molar-refractivity contribution in [3.05, 3.63) is 11.9 Å². The Bertz CT molecular complexity index is 1030. The molecule has 41 heavy (non-hydrogen) atoms. The molecule has 232 valence electrons. The molecule has 5 aliphatic rings. The van der Waals surface area contributed by atoms with E-state index in [1.54, 1.807) is 0 Å². The van der Waals surface area contributed by atoms with E-state index in [1.165, 1.54) is 19.3 Å². The minimum atomic E-state index is -0.333. The van der Waals surface area contributed by atoms with Crippen LogP contribution >= 0.6 is 0 Å². The van der Waals surface area contributed by atoms with Gasteiger partial charge in [0.05, 0.1) is 25.0 Å². The Kier molecular flexibility index (Phi) is 8.63. The molecule has 0 aromatic carbocycles. The van der Waals surface area contributed by atoms with Crippen LogP contribution in [0.3, 0.4) is 0 Å². The van der Waals surface area contributed by atoms with E-state index in [0.717, 1.165) is 37.3 Å². The third-order valence-corrected chi connectivity index (χ3v) is 11.9. The Morgan fingerprint density at radius 2 is 1.61 bits per heavy atom. The van der Waals surface area contributed by atoms with Crippen LogP contribution in [0.5, 0.6) is 0 Å². The summed E-state index contributed by atoms with van der Waals surface area (Å²) in [5, 5.41) is 9.07.